The summed E-state index contributed by atoms with van der Waals surface area (Å²) in [6, 6.07) is 10.5. The number of methoxy groups -OCH3 is 1. The van der Waals surface area contributed by atoms with Crippen LogP contribution < -0.4 is 9.47 Å². The average molecular weight is 359 g/mol. The zero-order chi connectivity index (χ0) is 18.7. The first kappa shape index (κ1) is 17.8. The van der Waals surface area contributed by atoms with Crippen molar-refractivity contribution in [2.45, 2.75) is 12.6 Å². The third kappa shape index (κ3) is 3.64. The molecule has 1 aromatic heterocycles. The zero-order valence-electron chi connectivity index (χ0n) is 14.0. The number of ether oxygens (including phenoxy) is 2. The second-order valence-electron chi connectivity index (χ2n) is 5.62. The van der Waals surface area contributed by atoms with E-state index in [4.69, 9.17) is 9.47 Å². The lowest BCUT2D eigenvalue weighted by Gasteiger charge is -2.14. The van der Waals surface area contributed by atoms with E-state index in [2.05, 4.69) is 11.6 Å². The van der Waals surface area contributed by atoms with Gasteiger partial charge in [0.1, 0.15) is 5.75 Å². The van der Waals surface area contributed by atoms with Crippen molar-refractivity contribution in [3.8, 4) is 17.2 Å². The Kier molecular flexibility index (Phi) is 4.84. The fraction of sp³-hybridized carbons (Fsp3) is 0.150. The molecule has 6 heteroatoms. The topological polar surface area (TPSA) is 31.4 Å². The van der Waals surface area contributed by atoms with Crippen molar-refractivity contribution in [2.24, 2.45) is 0 Å². The van der Waals surface area contributed by atoms with Gasteiger partial charge in [0.05, 0.1) is 18.2 Å². The van der Waals surface area contributed by atoms with Gasteiger partial charge in [0.15, 0.2) is 11.5 Å². The molecule has 1 heterocycles. The molecular weight excluding hydrogens is 343 g/mol. The SMILES string of the molecule is C=CCc1ccc(Oc2ccnc3cc(C(F)(F)F)ccc23)c(OC)c1. The van der Waals surface area contributed by atoms with Gasteiger partial charge in [0, 0.05) is 11.6 Å². The molecule has 0 saturated carbocycles. The number of pyridine rings is 1. The Morgan fingerprint density at radius 2 is 1.85 bits per heavy atom. The largest absolute Gasteiger partial charge is 0.493 e. The Bertz CT molecular complexity index is 951. The Morgan fingerprint density at radius 3 is 2.54 bits per heavy atom. The lowest BCUT2D eigenvalue weighted by molar-refractivity contribution is -0.137. The van der Waals surface area contributed by atoms with Gasteiger partial charge in [-0.05, 0) is 48.4 Å². The van der Waals surface area contributed by atoms with Crippen LogP contribution in [0.25, 0.3) is 10.9 Å². The first-order valence-corrected chi connectivity index (χ1v) is 7.84. The highest BCUT2D eigenvalue weighted by Crippen LogP contribution is 2.37. The van der Waals surface area contributed by atoms with Crippen LogP contribution in [0.15, 0.2) is 61.3 Å². The Labute approximate surface area is 148 Å². The number of fused-ring (bicyclic) bond motifs is 1. The number of hydrogen-bond acceptors (Lipinski definition) is 3. The quantitative estimate of drug-likeness (QED) is 0.541. The van der Waals surface area contributed by atoms with Gasteiger partial charge in [-0.15, -0.1) is 6.58 Å². The summed E-state index contributed by atoms with van der Waals surface area (Å²) in [6.07, 6.45) is -0.535. The first-order valence-electron chi connectivity index (χ1n) is 7.84. The fourth-order valence-corrected chi connectivity index (χ4v) is 2.60. The molecule has 0 saturated heterocycles. The number of nitrogens with zero attached hydrogens (tertiary/aromatic N) is 1. The van der Waals surface area contributed by atoms with E-state index in [0.717, 1.165) is 17.7 Å². The molecule has 0 N–H and O–H groups in total. The van der Waals surface area contributed by atoms with Gasteiger partial charge in [0.25, 0.3) is 0 Å². The minimum Gasteiger partial charge on any atom is -0.493 e. The van der Waals surface area contributed by atoms with Crippen LogP contribution in [0.4, 0.5) is 13.2 Å². The van der Waals surface area contributed by atoms with E-state index in [1.165, 1.54) is 19.4 Å². The minimum atomic E-state index is -4.42. The molecule has 3 rings (SSSR count). The van der Waals surface area contributed by atoms with Crippen molar-refractivity contribution in [3.63, 3.8) is 0 Å². The van der Waals surface area contributed by atoms with Gasteiger partial charge >= 0.3 is 6.18 Å². The maximum Gasteiger partial charge on any atom is 0.416 e. The minimum absolute atomic E-state index is 0.208. The molecule has 0 aliphatic rings. The summed E-state index contributed by atoms with van der Waals surface area (Å²) >= 11 is 0. The van der Waals surface area contributed by atoms with Crippen LogP contribution in [0.1, 0.15) is 11.1 Å². The Hall–Kier alpha value is -3.02. The van der Waals surface area contributed by atoms with Crippen LogP contribution in [-0.2, 0) is 12.6 Å². The van der Waals surface area contributed by atoms with Crippen LogP contribution in [0.3, 0.4) is 0 Å². The monoisotopic (exact) mass is 359 g/mol. The molecule has 0 aliphatic heterocycles. The molecular formula is C20H16F3NO2. The van der Waals surface area contributed by atoms with Gasteiger partial charge < -0.3 is 9.47 Å². The third-order valence-electron chi connectivity index (χ3n) is 3.86. The van der Waals surface area contributed by atoms with Crippen molar-refractivity contribution < 1.29 is 22.6 Å². The van der Waals surface area contributed by atoms with E-state index >= 15 is 0 Å². The van der Waals surface area contributed by atoms with Gasteiger partial charge in [-0.1, -0.05) is 12.1 Å². The smallest absolute Gasteiger partial charge is 0.416 e. The number of aromatic nitrogens is 1. The highest BCUT2D eigenvalue weighted by molar-refractivity contribution is 5.85. The number of alkyl halides is 3. The lowest BCUT2D eigenvalue weighted by atomic mass is 10.1. The van der Waals surface area contributed by atoms with E-state index in [1.807, 2.05) is 12.1 Å². The summed E-state index contributed by atoms with van der Waals surface area (Å²) in [6.45, 7) is 3.70. The molecule has 0 amide bonds. The molecule has 0 aliphatic carbocycles. The van der Waals surface area contributed by atoms with Crippen molar-refractivity contribution in [2.75, 3.05) is 7.11 Å². The van der Waals surface area contributed by atoms with Gasteiger partial charge in [-0.25, -0.2) is 0 Å². The number of hydrogen-bond donors (Lipinski definition) is 0. The van der Waals surface area contributed by atoms with Crippen molar-refractivity contribution in [1.82, 2.24) is 4.98 Å². The van der Waals surface area contributed by atoms with Crippen molar-refractivity contribution >= 4 is 10.9 Å². The summed E-state index contributed by atoms with van der Waals surface area (Å²) in [4.78, 5) is 4.02. The highest BCUT2D eigenvalue weighted by Gasteiger charge is 2.30. The van der Waals surface area contributed by atoms with E-state index in [-0.39, 0.29) is 5.52 Å². The Balaban J connectivity index is 2.00. The second kappa shape index (κ2) is 7.07. The number of allylic oxidation sites excluding steroid dienone is 1. The zero-order valence-corrected chi connectivity index (χ0v) is 14.0. The average Bonchev–Trinajstić information content (AvgIpc) is 2.62. The van der Waals surface area contributed by atoms with Gasteiger partial charge in [-0.3, -0.25) is 4.98 Å². The molecule has 0 spiro atoms. The number of benzene rings is 2. The van der Waals surface area contributed by atoms with E-state index < -0.39 is 11.7 Å². The molecule has 3 nitrogen and oxygen atoms in total. The molecule has 0 unspecified atom stereocenters. The standard InChI is InChI=1S/C20H16F3NO2/c1-3-4-13-5-8-18(19(11-13)25-2)26-17-9-10-24-16-12-14(20(21,22)23)6-7-15(16)17/h3,5-12H,1,4H2,2H3. The molecule has 0 fully saturated rings. The van der Waals surface area contributed by atoms with E-state index in [9.17, 15) is 13.2 Å². The fourth-order valence-electron chi connectivity index (χ4n) is 2.60. The van der Waals surface area contributed by atoms with Crippen LogP contribution in [0, 0.1) is 0 Å². The third-order valence-corrected chi connectivity index (χ3v) is 3.86. The summed E-state index contributed by atoms with van der Waals surface area (Å²) in [5, 5.41) is 0.484. The van der Waals surface area contributed by atoms with Crippen LogP contribution in [0.5, 0.6) is 17.2 Å². The maximum atomic E-state index is 12.9. The summed E-state index contributed by atoms with van der Waals surface area (Å²) < 4.78 is 49.9. The van der Waals surface area contributed by atoms with Crippen LogP contribution in [0.2, 0.25) is 0 Å². The highest BCUT2D eigenvalue weighted by atomic mass is 19.4. The molecule has 0 bridgehead atoms. The van der Waals surface area contributed by atoms with Gasteiger partial charge in [-0.2, -0.15) is 13.2 Å². The lowest BCUT2D eigenvalue weighted by Crippen LogP contribution is -2.04. The molecule has 134 valence electrons. The number of halogens is 3. The number of rotatable bonds is 5. The summed E-state index contributed by atoms with van der Waals surface area (Å²) in [7, 11) is 1.53. The molecule has 0 radical (unpaired) electrons. The normalized spacial score (nSPS) is 11.4. The van der Waals surface area contributed by atoms with Crippen LogP contribution in [-0.4, -0.2) is 12.1 Å². The van der Waals surface area contributed by atoms with Crippen molar-refractivity contribution in [3.05, 3.63) is 72.4 Å². The van der Waals surface area contributed by atoms with Crippen molar-refractivity contribution in [1.29, 1.82) is 0 Å². The molecule has 2 aromatic carbocycles. The maximum absolute atomic E-state index is 12.9. The van der Waals surface area contributed by atoms with E-state index in [1.54, 1.807) is 18.2 Å². The van der Waals surface area contributed by atoms with Crippen LogP contribution >= 0.6 is 0 Å². The predicted octanol–water partition coefficient (Wildman–Crippen LogP) is 5.78. The molecule has 0 atom stereocenters. The van der Waals surface area contributed by atoms with Gasteiger partial charge in [0.2, 0.25) is 0 Å². The molecule has 26 heavy (non-hydrogen) atoms. The van der Waals surface area contributed by atoms with E-state index in [0.29, 0.717) is 29.1 Å². The Morgan fingerprint density at radius 1 is 1.04 bits per heavy atom. The molecule has 3 aromatic rings. The predicted molar refractivity (Wildman–Crippen MR) is 93.7 cm³/mol. The summed E-state index contributed by atoms with van der Waals surface area (Å²) in [5.41, 5.74) is 0.471. The second-order valence-corrected chi connectivity index (χ2v) is 5.62. The first-order chi connectivity index (χ1) is 12.4. The summed E-state index contributed by atoms with van der Waals surface area (Å²) in [5.74, 6) is 1.40.